The molecule has 0 spiro atoms. The van der Waals surface area contributed by atoms with Crippen LogP contribution in [-0.2, 0) is 14.8 Å². The van der Waals surface area contributed by atoms with Crippen LogP contribution in [0, 0.1) is 12.3 Å². The number of nitrogens with zero attached hydrogens (tertiary/aromatic N) is 1. The Labute approximate surface area is 107 Å². The molecule has 0 saturated carbocycles. The van der Waals surface area contributed by atoms with Gasteiger partial charge in [-0.15, -0.1) is 0 Å². The van der Waals surface area contributed by atoms with Crippen LogP contribution in [0.3, 0.4) is 0 Å². The van der Waals surface area contributed by atoms with E-state index >= 15 is 0 Å². The van der Waals surface area contributed by atoms with Crippen molar-refractivity contribution in [2.75, 3.05) is 19.8 Å². The maximum Gasteiger partial charge on any atom is 0.243 e. The summed E-state index contributed by atoms with van der Waals surface area (Å²) in [7, 11) is -3.54. The highest BCUT2D eigenvalue weighted by molar-refractivity contribution is 7.89. The second-order valence-electron chi connectivity index (χ2n) is 4.24. The lowest BCUT2D eigenvalue weighted by atomic mass is 10.2. The summed E-state index contributed by atoms with van der Waals surface area (Å²) in [5, 5.41) is 7.29. The third kappa shape index (κ3) is 2.45. The van der Waals surface area contributed by atoms with Gasteiger partial charge < -0.3 is 10.1 Å². The lowest BCUT2D eigenvalue weighted by Crippen LogP contribution is -2.49. The minimum Gasteiger partial charge on any atom is -0.378 e. The van der Waals surface area contributed by atoms with Crippen molar-refractivity contribution in [2.24, 2.45) is 0 Å². The van der Waals surface area contributed by atoms with E-state index in [2.05, 4.69) is 0 Å². The van der Waals surface area contributed by atoms with Crippen molar-refractivity contribution in [1.29, 1.82) is 5.41 Å². The van der Waals surface area contributed by atoms with Crippen LogP contribution < -0.4 is 0 Å². The number of rotatable bonds is 3. The molecule has 18 heavy (non-hydrogen) atoms. The van der Waals surface area contributed by atoms with Crippen LogP contribution in [0.2, 0.25) is 0 Å². The first-order chi connectivity index (χ1) is 8.55. The van der Waals surface area contributed by atoms with E-state index in [1.54, 1.807) is 24.3 Å². The fraction of sp³-hybridized carbons (Fsp3) is 0.417. The second-order valence-corrected chi connectivity index (χ2v) is 6.13. The molecular formula is C12H16N2O3S. The van der Waals surface area contributed by atoms with Crippen molar-refractivity contribution in [3.05, 3.63) is 29.8 Å². The highest BCUT2D eigenvalue weighted by Gasteiger charge is 2.32. The van der Waals surface area contributed by atoms with Crippen LogP contribution in [0.1, 0.15) is 5.56 Å². The number of aryl methyl sites for hydroxylation is 1. The van der Waals surface area contributed by atoms with Crippen LogP contribution in [0.15, 0.2) is 29.2 Å². The molecule has 1 saturated heterocycles. The van der Waals surface area contributed by atoms with Gasteiger partial charge in [0, 0.05) is 12.8 Å². The lowest BCUT2D eigenvalue weighted by molar-refractivity contribution is 0.0561. The molecule has 1 aliphatic rings. The number of sulfonamides is 1. The van der Waals surface area contributed by atoms with Crippen LogP contribution in [0.25, 0.3) is 0 Å². The Morgan fingerprint density at radius 3 is 2.67 bits per heavy atom. The Morgan fingerprint density at radius 1 is 1.39 bits per heavy atom. The summed E-state index contributed by atoms with van der Waals surface area (Å²) in [4.78, 5) is 0.266. The highest BCUT2D eigenvalue weighted by atomic mass is 32.2. The maximum absolute atomic E-state index is 12.4. The lowest BCUT2D eigenvalue weighted by Gasteiger charge is -2.32. The molecule has 1 aromatic carbocycles. The Balaban J connectivity index is 2.34. The fourth-order valence-corrected chi connectivity index (χ4v) is 3.43. The third-order valence-corrected chi connectivity index (χ3v) is 4.87. The van der Waals surface area contributed by atoms with Gasteiger partial charge in [-0.05, 0) is 19.1 Å². The molecule has 0 bridgehead atoms. The van der Waals surface area contributed by atoms with Gasteiger partial charge in [-0.1, -0.05) is 17.7 Å². The molecule has 1 aromatic rings. The molecule has 6 heteroatoms. The first-order valence-electron chi connectivity index (χ1n) is 5.72. The third-order valence-electron chi connectivity index (χ3n) is 2.93. The minimum absolute atomic E-state index is 0.245. The summed E-state index contributed by atoms with van der Waals surface area (Å²) < 4.78 is 31.4. The monoisotopic (exact) mass is 268 g/mol. The largest absolute Gasteiger partial charge is 0.378 e. The summed E-state index contributed by atoms with van der Waals surface area (Å²) in [6, 6.07) is 6.23. The van der Waals surface area contributed by atoms with Gasteiger partial charge in [-0.2, -0.15) is 4.31 Å². The predicted octanol–water partition coefficient (Wildman–Crippen LogP) is 1.03. The Bertz CT molecular complexity index is 525. The smallest absolute Gasteiger partial charge is 0.243 e. The molecule has 1 fully saturated rings. The summed E-state index contributed by atoms with van der Waals surface area (Å²) in [6.07, 6.45) is 1.12. The van der Waals surface area contributed by atoms with Gasteiger partial charge in [0.2, 0.25) is 10.0 Å². The van der Waals surface area contributed by atoms with Gasteiger partial charge in [0.1, 0.15) is 0 Å². The summed E-state index contributed by atoms with van der Waals surface area (Å²) in [5.41, 5.74) is 1.01. The number of ether oxygens (including phenoxy) is 1. The van der Waals surface area contributed by atoms with E-state index in [1.165, 1.54) is 4.31 Å². The summed E-state index contributed by atoms with van der Waals surface area (Å²) >= 11 is 0. The average Bonchev–Trinajstić information content (AvgIpc) is 2.39. The van der Waals surface area contributed by atoms with E-state index in [4.69, 9.17) is 10.1 Å². The molecule has 0 amide bonds. The van der Waals surface area contributed by atoms with Crippen molar-refractivity contribution in [2.45, 2.75) is 17.9 Å². The van der Waals surface area contributed by atoms with E-state index in [0.717, 1.165) is 11.8 Å². The molecule has 2 rings (SSSR count). The molecule has 1 aliphatic heterocycles. The zero-order valence-corrected chi connectivity index (χ0v) is 11.0. The van der Waals surface area contributed by atoms with Gasteiger partial charge in [0.25, 0.3) is 0 Å². The van der Waals surface area contributed by atoms with E-state index in [9.17, 15) is 8.42 Å². The molecule has 1 N–H and O–H groups in total. The molecule has 0 radical (unpaired) electrons. The second kappa shape index (κ2) is 5.17. The molecule has 0 aliphatic carbocycles. The first-order valence-corrected chi connectivity index (χ1v) is 7.16. The van der Waals surface area contributed by atoms with Gasteiger partial charge >= 0.3 is 0 Å². The van der Waals surface area contributed by atoms with E-state index < -0.39 is 16.1 Å². The fourth-order valence-electron chi connectivity index (χ4n) is 1.88. The van der Waals surface area contributed by atoms with Gasteiger partial charge in [0.15, 0.2) is 0 Å². The van der Waals surface area contributed by atoms with E-state index in [0.29, 0.717) is 6.61 Å². The Hall–Kier alpha value is -1.24. The zero-order valence-electron chi connectivity index (χ0n) is 10.2. The quantitative estimate of drug-likeness (QED) is 0.832. The molecule has 0 aromatic heterocycles. The summed E-state index contributed by atoms with van der Waals surface area (Å²) in [6.45, 7) is 2.81. The van der Waals surface area contributed by atoms with Crippen molar-refractivity contribution in [3.63, 3.8) is 0 Å². The average molecular weight is 268 g/mol. The normalized spacial score (nSPS) is 21.7. The van der Waals surface area contributed by atoms with E-state index in [-0.39, 0.29) is 18.0 Å². The Kier molecular flexibility index (Phi) is 3.79. The number of benzene rings is 1. The molecule has 1 unspecified atom stereocenters. The molecule has 1 atom stereocenters. The van der Waals surface area contributed by atoms with Crippen LogP contribution in [-0.4, -0.2) is 44.7 Å². The van der Waals surface area contributed by atoms with E-state index in [1.807, 2.05) is 6.92 Å². The van der Waals surface area contributed by atoms with Gasteiger partial charge in [-0.25, -0.2) is 8.42 Å². The van der Waals surface area contributed by atoms with Crippen LogP contribution in [0.5, 0.6) is 0 Å². The van der Waals surface area contributed by atoms with Crippen LogP contribution in [0.4, 0.5) is 0 Å². The van der Waals surface area contributed by atoms with Gasteiger partial charge in [0.05, 0.1) is 24.2 Å². The molecule has 98 valence electrons. The minimum atomic E-state index is -3.54. The van der Waals surface area contributed by atoms with Crippen molar-refractivity contribution in [3.8, 4) is 0 Å². The summed E-state index contributed by atoms with van der Waals surface area (Å²) in [5.74, 6) is 0. The van der Waals surface area contributed by atoms with Crippen molar-refractivity contribution >= 4 is 16.2 Å². The number of nitrogens with one attached hydrogen (secondary N) is 1. The number of morpholine rings is 1. The zero-order chi connectivity index (χ0) is 13.2. The van der Waals surface area contributed by atoms with Gasteiger partial charge in [-0.3, -0.25) is 0 Å². The number of hydrogen-bond acceptors (Lipinski definition) is 4. The van der Waals surface area contributed by atoms with Crippen molar-refractivity contribution in [1.82, 2.24) is 4.31 Å². The molecule has 5 nitrogen and oxygen atoms in total. The molecule has 1 heterocycles. The maximum atomic E-state index is 12.4. The Morgan fingerprint density at radius 2 is 2.06 bits per heavy atom. The standard InChI is InChI=1S/C12H16N2O3S/c1-10-2-4-12(5-3-10)18(15,16)14-6-7-17-9-11(14)8-13/h2-5,8,11,13H,6-7,9H2,1H3. The topological polar surface area (TPSA) is 70.5 Å². The number of hydrogen-bond donors (Lipinski definition) is 1. The molecular weight excluding hydrogens is 252 g/mol. The predicted molar refractivity (Wildman–Crippen MR) is 68.5 cm³/mol. The first kappa shape index (κ1) is 13.2. The van der Waals surface area contributed by atoms with Crippen molar-refractivity contribution < 1.29 is 13.2 Å². The highest BCUT2D eigenvalue weighted by Crippen LogP contribution is 2.20. The SMILES string of the molecule is Cc1ccc(S(=O)(=O)N2CCOCC2C=N)cc1. The van der Waals surface area contributed by atoms with Crippen LogP contribution >= 0.6 is 0 Å².